The van der Waals surface area contributed by atoms with Gasteiger partial charge in [-0.05, 0) is 18.9 Å². The second-order valence-electron chi connectivity index (χ2n) is 8.93. The van der Waals surface area contributed by atoms with Gasteiger partial charge in [-0.1, -0.05) is 127 Å². The molecule has 0 fully saturated rings. The fourth-order valence-electron chi connectivity index (χ4n) is 4.09. The van der Waals surface area contributed by atoms with Crippen molar-refractivity contribution < 1.29 is 4.57 Å². The molecule has 2 rings (SSSR count). The maximum Gasteiger partial charge on any atom is 0.194 e. The first kappa shape index (κ1) is 25.3. The molecule has 0 saturated carbocycles. The molecule has 0 atom stereocenters. The van der Waals surface area contributed by atoms with Crippen LogP contribution in [0.4, 0.5) is 0 Å². The minimum atomic E-state index is 0.892. The second kappa shape index (κ2) is 17.7. The zero-order valence-corrected chi connectivity index (χ0v) is 20.0. The molecule has 2 heteroatoms. The van der Waals surface area contributed by atoms with Gasteiger partial charge in [0.1, 0.15) is 5.69 Å². The molecule has 0 unspecified atom stereocenters. The molecular formula is C29H45N2+. The molecule has 0 saturated heterocycles. The van der Waals surface area contributed by atoms with Crippen molar-refractivity contribution in [3.63, 3.8) is 0 Å². The highest BCUT2D eigenvalue weighted by Gasteiger charge is 2.03. The summed E-state index contributed by atoms with van der Waals surface area (Å²) < 4.78 is 2.20. The highest BCUT2D eigenvalue weighted by Crippen LogP contribution is 2.13. The number of benzene rings is 1. The first-order valence-corrected chi connectivity index (χ1v) is 12.9. The summed E-state index contributed by atoms with van der Waals surface area (Å²) in [7, 11) is 0. The van der Waals surface area contributed by atoms with E-state index in [1.807, 2.05) is 12.4 Å². The van der Waals surface area contributed by atoms with Gasteiger partial charge in [-0.3, -0.25) is 0 Å². The Morgan fingerprint density at radius 3 is 1.94 bits per heavy atom. The molecule has 2 nitrogen and oxygen atoms in total. The van der Waals surface area contributed by atoms with Crippen LogP contribution in [-0.2, 0) is 6.54 Å². The molecule has 0 aliphatic heterocycles. The smallest absolute Gasteiger partial charge is 0.194 e. The molecule has 1 heterocycles. The third-order valence-corrected chi connectivity index (χ3v) is 6.00. The summed E-state index contributed by atoms with van der Waals surface area (Å²) >= 11 is 0. The molecule has 0 aliphatic carbocycles. The number of unbranched alkanes of at least 4 members (excludes halogenated alkanes) is 14. The van der Waals surface area contributed by atoms with Gasteiger partial charge in [-0.2, -0.15) is 4.57 Å². The summed E-state index contributed by atoms with van der Waals surface area (Å²) in [5.74, 6) is 0. The first-order chi connectivity index (χ1) is 15.4. The lowest BCUT2D eigenvalue weighted by molar-refractivity contribution is -0.689. The van der Waals surface area contributed by atoms with E-state index in [0.717, 1.165) is 18.7 Å². The zero-order chi connectivity index (χ0) is 21.8. The molecule has 0 radical (unpaired) electrons. The highest BCUT2D eigenvalue weighted by atomic mass is 15.0. The molecule has 170 valence electrons. The van der Waals surface area contributed by atoms with Gasteiger partial charge in [0.25, 0.3) is 0 Å². The fourth-order valence-corrected chi connectivity index (χ4v) is 4.09. The third-order valence-electron chi connectivity index (χ3n) is 6.00. The topological polar surface area (TPSA) is 16.8 Å². The summed E-state index contributed by atoms with van der Waals surface area (Å²) in [5.41, 5.74) is 2.36. The Hall–Kier alpha value is -1.96. The normalized spacial score (nSPS) is 11.4. The van der Waals surface area contributed by atoms with E-state index in [1.54, 1.807) is 0 Å². The predicted molar refractivity (Wildman–Crippen MR) is 134 cm³/mol. The van der Waals surface area contributed by atoms with Gasteiger partial charge in [0.15, 0.2) is 18.9 Å². The van der Waals surface area contributed by atoms with Crippen LogP contribution in [-0.4, -0.2) is 4.98 Å². The average molecular weight is 422 g/mol. The van der Waals surface area contributed by atoms with Crippen LogP contribution in [0, 0.1) is 0 Å². The fraction of sp³-hybridized carbons (Fsp3) is 0.586. The quantitative estimate of drug-likeness (QED) is 0.175. The van der Waals surface area contributed by atoms with Crippen LogP contribution in [0.25, 0.3) is 6.08 Å². The Bertz CT molecular complexity index is 693. The van der Waals surface area contributed by atoms with Crippen molar-refractivity contribution in [1.29, 1.82) is 0 Å². The van der Waals surface area contributed by atoms with E-state index in [9.17, 15) is 0 Å². The van der Waals surface area contributed by atoms with Gasteiger partial charge >= 0.3 is 0 Å². The van der Waals surface area contributed by atoms with Crippen molar-refractivity contribution in [3.8, 4) is 0 Å². The van der Waals surface area contributed by atoms with E-state index in [1.165, 1.54) is 95.5 Å². The Balaban J connectivity index is 1.44. The number of nitrogens with zero attached hydrogens (tertiary/aromatic N) is 2. The maximum atomic E-state index is 4.48. The molecule has 1 aromatic heterocycles. The van der Waals surface area contributed by atoms with Crippen LogP contribution in [0.15, 0.2) is 55.0 Å². The Kier molecular flexibility index (Phi) is 14.4. The van der Waals surface area contributed by atoms with Crippen molar-refractivity contribution in [2.24, 2.45) is 0 Å². The first-order valence-electron chi connectivity index (χ1n) is 12.9. The van der Waals surface area contributed by atoms with Crippen LogP contribution >= 0.6 is 0 Å². The van der Waals surface area contributed by atoms with Crippen LogP contribution < -0.4 is 4.57 Å². The van der Waals surface area contributed by atoms with Gasteiger partial charge in [0.05, 0.1) is 6.20 Å². The molecule has 1 aromatic carbocycles. The molecule has 0 bridgehead atoms. The lowest BCUT2D eigenvalue weighted by Gasteiger charge is -2.02. The van der Waals surface area contributed by atoms with Gasteiger partial charge in [-0.15, -0.1) is 0 Å². The third kappa shape index (κ3) is 13.1. The Labute approximate surface area is 191 Å². The van der Waals surface area contributed by atoms with Crippen LogP contribution in [0.2, 0.25) is 0 Å². The number of hydrogen-bond donors (Lipinski definition) is 0. The van der Waals surface area contributed by atoms with Crippen molar-refractivity contribution in [2.45, 2.75) is 110 Å². The van der Waals surface area contributed by atoms with Crippen molar-refractivity contribution in [1.82, 2.24) is 4.98 Å². The maximum absolute atomic E-state index is 4.48. The van der Waals surface area contributed by atoms with Crippen LogP contribution in [0.5, 0.6) is 0 Å². The van der Waals surface area contributed by atoms with Crippen molar-refractivity contribution in [2.75, 3.05) is 0 Å². The molecule has 0 spiro atoms. The van der Waals surface area contributed by atoms with E-state index in [4.69, 9.17) is 0 Å². The molecule has 2 aromatic rings. The van der Waals surface area contributed by atoms with E-state index in [0.29, 0.717) is 0 Å². The van der Waals surface area contributed by atoms with Crippen LogP contribution in [0.1, 0.15) is 114 Å². The van der Waals surface area contributed by atoms with Gasteiger partial charge in [-0.25, -0.2) is 4.98 Å². The summed E-state index contributed by atoms with van der Waals surface area (Å²) in [6.07, 6.45) is 31.5. The highest BCUT2D eigenvalue weighted by molar-refractivity contribution is 5.41. The largest absolute Gasteiger partial charge is 0.244 e. The summed E-state index contributed by atoms with van der Waals surface area (Å²) in [4.78, 5) is 4.48. The summed E-state index contributed by atoms with van der Waals surface area (Å²) in [5, 5.41) is 0. The molecule has 0 N–H and O–H groups in total. The molecular weight excluding hydrogens is 376 g/mol. The monoisotopic (exact) mass is 421 g/mol. The minimum Gasteiger partial charge on any atom is -0.244 e. The number of rotatable bonds is 18. The summed E-state index contributed by atoms with van der Waals surface area (Å²) in [6.45, 7) is 3.18. The predicted octanol–water partition coefficient (Wildman–Crippen LogP) is 8.30. The van der Waals surface area contributed by atoms with Crippen molar-refractivity contribution >= 4 is 6.08 Å². The van der Waals surface area contributed by atoms with E-state index in [2.05, 4.69) is 65.2 Å². The van der Waals surface area contributed by atoms with E-state index < -0.39 is 0 Å². The van der Waals surface area contributed by atoms with E-state index in [-0.39, 0.29) is 0 Å². The second-order valence-corrected chi connectivity index (χ2v) is 8.93. The van der Waals surface area contributed by atoms with Gasteiger partial charge in [0.2, 0.25) is 0 Å². The molecule has 31 heavy (non-hydrogen) atoms. The Morgan fingerprint density at radius 1 is 0.742 bits per heavy atom. The van der Waals surface area contributed by atoms with Gasteiger partial charge < -0.3 is 0 Å². The standard InChI is InChI=1S/C29H45N2/c1-2-3-4-5-6-7-8-9-10-11-12-13-14-15-16-20-23-29-27-31(25-24-30-29)26-28-21-18-17-19-22-28/h17-25,27H,2-16,26H2,1H3/q+1. The summed E-state index contributed by atoms with van der Waals surface area (Å²) in [6, 6.07) is 10.6. The van der Waals surface area contributed by atoms with Crippen molar-refractivity contribution in [3.05, 3.63) is 66.3 Å². The molecule has 0 amide bonds. The number of hydrogen-bond acceptors (Lipinski definition) is 1. The minimum absolute atomic E-state index is 0.892. The Morgan fingerprint density at radius 2 is 1.32 bits per heavy atom. The van der Waals surface area contributed by atoms with Gasteiger partial charge in [0, 0.05) is 5.56 Å². The number of allylic oxidation sites excluding steroid dienone is 1. The van der Waals surface area contributed by atoms with Crippen LogP contribution in [0.3, 0.4) is 0 Å². The lowest BCUT2D eigenvalue weighted by Crippen LogP contribution is -2.33. The zero-order valence-electron chi connectivity index (χ0n) is 20.0. The van der Waals surface area contributed by atoms with E-state index >= 15 is 0 Å². The SMILES string of the molecule is CCCCCCCCCCCCCCCCC=Cc1c[n+](Cc2ccccc2)ccn1. The lowest BCUT2D eigenvalue weighted by atomic mass is 10.0. The number of aromatic nitrogens is 2. The molecule has 0 aliphatic rings. The average Bonchev–Trinajstić information content (AvgIpc) is 2.80.